The molecule has 2 aromatic heterocycles. The summed E-state index contributed by atoms with van der Waals surface area (Å²) in [6.07, 6.45) is -0.127. The molecule has 0 fully saturated rings. The molecule has 3 aromatic rings. The van der Waals surface area contributed by atoms with Gasteiger partial charge in [0, 0.05) is 24.1 Å². The Morgan fingerprint density at radius 1 is 1.21 bits per heavy atom. The summed E-state index contributed by atoms with van der Waals surface area (Å²) in [5, 5.41) is 9.38. The van der Waals surface area contributed by atoms with Crippen LogP contribution in [-0.2, 0) is 5.41 Å². The number of carbonyl (C=O) groups is 1. The lowest BCUT2D eigenvalue weighted by molar-refractivity contribution is -0.0502. The summed E-state index contributed by atoms with van der Waals surface area (Å²) in [6.45, 7) is 1.48. The summed E-state index contributed by atoms with van der Waals surface area (Å²) in [4.78, 5) is 17.1. The maximum Gasteiger partial charge on any atom is 0.387 e. The molecule has 3 rings (SSSR count). The lowest BCUT2D eigenvalue weighted by atomic mass is 9.87. The first-order valence-corrected chi connectivity index (χ1v) is 10.4. The molecule has 0 bridgehead atoms. The van der Waals surface area contributed by atoms with Crippen molar-refractivity contribution in [2.24, 2.45) is 5.92 Å². The normalized spacial score (nSPS) is 12.7. The van der Waals surface area contributed by atoms with Crippen LogP contribution in [0.25, 0.3) is 16.9 Å². The number of ether oxygens (including phenoxy) is 2. The van der Waals surface area contributed by atoms with Crippen LogP contribution < -0.4 is 9.47 Å². The van der Waals surface area contributed by atoms with Gasteiger partial charge in [0.15, 0.2) is 5.78 Å². The zero-order chi connectivity index (χ0) is 25.2. The van der Waals surface area contributed by atoms with E-state index in [0.717, 1.165) is 5.56 Å². The number of ketones is 1. The summed E-state index contributed by atoms with van der Waals surface area (Å²) in [6, 6.07) is 8.38. The van der Waals surface area contributed by atoms with E-state index in [0.29, 0.717) is 16.9 Å². The molecule has 0 amide bonds. The standard InChI is InChI=1S/C24H23F4N3O3/c1-13(22(25)26)7-17(32)21-18(33-4)8-14(9-19(21)34-23(27)28)16-11-30-20-10-15(5-6-31(16)20)24(2,3)12-29/h5-6,8-11,13,22-23H,7H2,1-4H3. The minimum atomic E-state index is -3.25. The smallest absolute Gasteiger partial charge is 0.387 e. The maximum absolute atomic E-state index is 13.2. The summed E-state index contributed by atoms with van der Waals surface area (Å²) >= 11 is 0. The van der Waals surface area contributed by atoms with Gasteiger partial charge in [0.1, 0.15) is 22.7 Å². The van der Waals surface area contributed by atoms with Crippen molar-refractivity contribution in [3.05, 3.63) is 47.8 Å². The zero-order valence-corrected chi connectivity index (χ0v) is 19.0. The Hall–Kier alpha value is -3.61. The molecule has 2 heterocycles. The lowest BCUT2D eigenvalue weighted by Crippen LogP contribution is -2.16. The van der Waals surface area contributed by atoms with Crippen molar-refractivity contribution in [1.29, 1.82) is 5.26 Å². The third-order valence-corrected chi connectivity index (χ3v) is 5.53. The van der Waals surface area contributed by atoms with Crippen LogP contribution in [0, 0.1) is 17.2 Å². The molecule has 10 heteroatoms. The van der Waals surface area contributed by atoms with E-state index in [1.54, 1.807) is 36.6 Å². The predicted molar refractivity (Wildman–Crippen MR) is 117 cm³/mol. The Labute approximate surface area is 193 Å². The Kier molecular flexibility index (Phi) is 7.15. The molecule has 1 atom stereocenters. The molecule has 6 nitrogen and oxygen atoms in total. The maximum atomic E-state index is 13.2. The van der Waals surface area contributed by atoms with Gasteiger partial charge in [-0.15, -0.1) is 0 Å². The average molecular weight is 477 g/mol. The Morgan fingerprint density at radius 2 is 1.88 bits per heavy atom. The number of rotatable bonds is 9. The first kappa shape index (κ1) is 25.0. The molecule has 1 unspecified atom stereocenters. The van der Waals surface area contributed by atoms with Crippen LogP contribution in [0.3, 0.4) is 0 Å². The van der Waals surface area contributed by atoms with Gasteiger partial charge in [0.05, 0.1) is 30.5 Å². The van der Waals surface area contributed by atoms with Crippen molar-refractivity contribution >= 4 is 11.4 Å². The Balaban J connectivity index is 2.13. The van der Waals surface area contributed by atoms with Gasteiger partial charge in [-0.25, -0.2) is 13.8 Å². The van der Waals surface area contributed by atoms with Gasteiger partial charge in [-0.05, 0) is 43.7 Å². The number of benzene rings is 1. The van der Waals surface area contributed by atoms with Crippen molar-refractivity contribution in [1.82, 2.24) is 9.38 Å². The van der Waals surface area contributed by atoms with E-state index in [1.165, 1.54) is 32.4 Å². The number of fused-ring (bicyclic) bond motifs is 1. The summed E-state index contributed by atoms with van der Waals surface area (Å²) in [5.41, 5.74) is 1.02. The Morgan fingerprint density at radius 3 is 2.47 bits per heavy atom. The molecule has 0 aliphatic carbocycles. The van der Waals surface area contributed by atoms with Crippen molar-refractivity contribution < 1.29 is 31.8 Å². The van der Waals surface area contributed by atoms with Crippen molar-refractivity contribution in [3.8, 4) is 28.8 Å². The van der Waals surface area contributed by atoms with Crippen LogP contribution in [0.2, 0.25) is 0 Å². The second-order valence-corrected chi connectivity index (χ2v) is 8.39. The van der Waals surface area contributed by atoms with E-state index in [-0.39, 0.29) is 11.3 Å². The number of nitriles is 1. The molecule has 0 aliphatic rings. The number of hydrogen-bond acceptors (Lipinski definition) is 5. The van der Waals surface area contributed by atoms with Crippen molar-refractivity contribution in [2.45, 2.75) is 45.6 Å². The molecule has 0 aliphatic heterocycles. The minimum Gasteiger partial charge on any atom is -0.496 e. The fraction of sp³-hybridized carbons (Fsp3) is 0.375. The van der Waals surface area contributed by atoms with Gasteiger partial charge in [-0.1, -0.05) is 6.92 Å². The highest BCUT2D eigenvalue weighted by Gasteiger charge is 2.27. The van der Waals surface area contributed by atoms with Crippen molar-refractivity contribution in [2.75, 3.05) is 7.11 Å². The van der Waals surface area contributed by atoms with E-state index < -0.39 is 42.3 Å². The molecule has 0 radical (unpaired) electrons. The largest absolute Gasteiger partial charge is 0.496 e. The quantitative estimate of drug-likeness (QED) is 0.284. The molecule has 0 saturated carbocycles. The average Bonchev–Trinajstić information content (AvgIpc) is 3.21. The van der Waals surface area contributed by atoms with E-state index >= 15 is 0 Å². The highest BCUT2D eigenvalue weighted by Crippen LogP contribution is 2.38. The monoisotopic (exact) mass is 477 g/mol. The van der Waals surface area contributed by atoms with E-state index in [4.69, 9.17) is 4.74 Å². The molecule has 1 aromatic carbocycles. The highest BCUT2D eigenvalue weighted by molar-refractivity contribution is 6.02. The number of Topliss-reactive ketones (excluding diaryl/α,β-unsaturated/α-hetero) is 1. The van der Waals surface area contributed by atoms with Gasteiger partial charge >= 0.3 is 6.61 Å². The predicted octanol–water partition coefficient (Wildman–Crippen LogP) is 5.89. The topological polar surface area (TPSA) is 76.6 Å². The second kappa shape index (κ2) is 9.71. The van der Waals surface area contributed by atoms with Crippen molar-refractivity contribution in [3.63, 3.8) is 0 Å². The number of methoxy groups -OCH3 is 1. The first-order chi connectivity index (χ1) is 16.0. The van der Waals surface area contributed by atoms with Crippen LogP contribution in [0.5, 0.6) is 11.5 Å². The second-order valence-electron chi connectivity index (χ2n) is 8.39. The first-order valence-electron chi connectivity index (χ1n) is 10.4. The molecular weight excluding hydrogens is 454 g/mol. The third-order valence-electron chi connectivity index (χ3n) is 5.53. The molecule has 180 valence electrons. The highest BCUT2D eigenvalue weighted by atomic mass is 19.3. The summed E-state index contributed by atoms with van der Waals surface area (Å²) in [7, 11) is 1.24. The van der Waals surface area contributed by atoms with Gasteiger partial charge in [-0.3, -0.25) is 9.20 Å². The van der Waals surface area contributed by atoms with Crippen LogP contribution in [0.15, 0.2) is 36.7 Å². The van der Waals surface area contributed by atoms with E-state index in [2.05, 4.69) is 15.8 Å². The zero-order valence-electron chi connectivity index (χ0n) is 19.0. The summed E-state index contributed by atoms with van der Waals surface area (Å²) in [5.74, 6) is -2.64. The van der Waals surface area contributed by atoms with Gasteiger partial charge < -0.3 is 9.47 Å². The Bertz CT molecular complexity index is 1250. The molecular formula is C24H23F4N3O3. The van der Waals surface area contributed by atoms with Crippen LogP contribution >= 0.6 is 0 Å². The van der Waals surface area contributed by atoms with Crippen LogP contribution in [0.4, 0.5) is 17.6 Å². The fourth-order valence-electron chi connectivity index (χ4n) is 3.49. The lowest BCUT2D eigenvalue weighted by Gasteiger charge is -2.18. The number of hydrogen-bond donors (Lipinski definition) is 0. The van der Waals surface area contributed by atoms with Gasteiger partial charge in [0.25, 0.3) is 0 Å². The minimum absolute atomic E-state index is 0.0863. The third kappa shape index (κ3) is 4.98. The molecule has 0 saturated heterocycles. The van der Waals surface area contributed by atoms with E-state index in [9.17, 15) is 27.6 Å². The fourth-order valence-corrected chi connectivity index (χ4v) is 3.49. The number of pyridine rings is 1. The number of carbonyl (C=O) groups excluding carboxylic acids is 1. The van der Waals surface area contributed by atoms with Crippen LogP contribution in [0.1, 0.15) is 43.1 Å². The molecule has 0 N–H and O–H groups in total. The van der Waals surface area contributed by atoms with Gasteiger partial charge in [-0.2, -0.15) is 14.0 Å². The van der Waals surface area contributed by atoms with E-state index in [1.807, 2.05) is 0 Å². The number of nitrogens with zero attached hydrogens (tertiary/aromatic N) is 3. The number of aromatic nitrogens is 2. The number of halogens is 4. The SMILES string of the molecule is COc1cc(-c2cnc3cc(C(C)(C)C#N)ccn23)cc(OC(F)F)c1C(=O)CC(C)C(F)F. The number of imidazole rings is 1. The molecule has 0 spiro atoms. The summed E-state index contributed by atoms with van der Waals surface area (Å²) < 4.78 is 63.8. The van der Waals surface area contributed by atoms with Crippen LogP contribution in [-0.4, -0.2) is 35.3 Å². The van der Waals surface area contributed by atoms with Gasteiger partial charge in [0.2, 0.25) is 6.43 Å². The number of alkyl halides is 4. The molecule has 34 heavy (non-hydrogen) atoms.